The molecular weight excluding hydrogens is 656 g/mol. The van der Waals surface area contributed by atoms with Crippen LogP contribution in [0.1, 0.15) is 127 Å². The normalized spacial score (nSPS) is 45.8. The van der Waals surface area contributed by atoms with E-state index >= 15 is 4.79 Å². The predicted octanol–water partition coefficient (Wildman–Crippen LogP) is 6.49. The van der Waals surface area contributed by atoms with Crippen molar-refractivity contribution in [1.29, 1.82) is 0 Å². The van der Waals surface area contributed by atoms with Crippen LogP contribution in [0.25, 0.3) is 0 Å². The Labute approximate surface area is 314 Å². The zero-order chi connectivity index (χ0) is 37.4. The van der Waals surface area contributed by atoms with E-state index in [2.05, 4.69) is 51.3 Å². The molecule has 9 nitrogen and oxygen atoms in total. The fourth-order valence-corrected chi connectivity index (χ4v) is 13.8. The first-order valence-corrected chi connectivity index (χ1v) is 21.3. The van der Waals surface area contributed by atoms with Gasteiger partial charge in [0.15, 0.2) is 18.2 Å². The van der Waals surface area contributed by atoms with Crippen LogP contribution < -0.4 is 0 Å². The third-order valence-electron chi connectivity index (χ3n) is 16.8. The van der Waals surface area contributed by atoms with Gasteiger partial charge in [0.2, 0.25) is 0 Å². The topological polar surface area (TPSA) is 97.8 Å². The Morgan fingerprint density at radius 1 is 0.981 bits per heavy atom. The molecule has 13 atom stereocenters. The van der Waals surface area contributed by atoms with Crippen molar-refractivity contribution in [1.82, 2.24) is 9.80 Å². The molecule has 7 fully saturated rings. The predicted molar refractivity (Wildman–Crippen MR) is 200 cm³/mol. The van der Waals surface area contributed by atoms with Crippen molar-refractivity contribution >= 4 is 11.8 Å². The summed E-state index contributed by atoms with van der Waals surface area (Å²) in [6, 6.07) is 0. The molecule has 7 aliphatic rings. The van der Waals surface area contributed by atoms with E-state index in [9.17, 15) is 9.90 Å². The van der Waals surface area contributed by atoms with E-state index in [-0.39, 0.29) is 64.6 Å². The highest BCUT2D eigenvalue weighted by Gasteiger charge is 2.75. The lowest BCUT2D eigenvalue weighted by Gasteiger charge is -2.67. The van der Waals surface area contributed by atoms with Crippen molar-refractivity contribution in [2.24, 2.45) is 51.2 Å². The third kappa shape index (κ3) is 6.35. The molecule has 296 valence electrons. The van der Waals surface area contributed by atoms with Crippen molar-refractivity contribution in [3.05, 3.63) is 0 Å². The van der Waals surface area contributed by atoms with Gasteiger partial charge >= 0.3 is 5.97 Å². The highest BCUT2D eigenvalue weighted by molar-refractivity contribution is 5.93. The molecule has 7 rings (SSSR count). The van der Waals surface area contributed by atoms with E-state index in [1.807, 2.05) is 0 Å². The quantitative estimate of drug-likeness (QED) is 0.268. The number of esters is 1. The smallest absolute Gasteiger partial charge is 0.305 e. The second-order valence-electron chi connectivity index (χ2n) is 20.3. The summed E-state index contributed by atoms with van der Waals surface area (Å²) in [5.74, 6) is 1.58. The molecule has 0 amide bonds. The second-order valence-corrected chi connectivity index (χ2v) is 20.3. The second kappa shape index (κ2) is 14.1. The van der Waals surface area contributed by atoms with Gasteiger partial charge in [-0.25, -0.2) is 0 Å². The van der Waals surface area contributed by atoms with E-state index in [0.717, 1.165) is 71.3 Å². The van der Waals surface area contributed by atoms with Crippen LogP contribution in [0.3, 0.4) is 0 Å². The maximum Gasteiger partial charge on any atom is 0.305 e. The third-order valence-corrected chi connectivity index (χ3v) is 16.8. The highest BCUT2D eigenvalue weighted by Crippen LogP contribution is 2.75. The molecule has 4 saturated carbocycles. The van der Waals surface area contributed by atoms with Crippen LogP contribution in [-0.2, 0) is 28.5 Å². The van der Waals surface area contributed by atoms with Gasteiger partial charge in [-0.05, 0) is 125 Å². The lowest BCUT2D eigenvalue weighted by molar-refractivity contribution is -0.256. The number of aliphatic hydroxyl groups is 1. The first-order chi connectivity index (χ1) is 24.4. The molecule has 3 saturated heterocycles. The van der Waals surface area contributed by atoms with Gasteiger partial charge in [-0.1, -0.05) is 48.5 Å². The molecule has 1 N–H and O–H groups in total. The Morgan fingerprint density at radius 2 is 1.67 bits per heavy atom. The number of carbonyl (C=O) groups excluding carboxylic acids is 2. The average Bonchev–Trinajstić information content (AvgIpc) is 3.67. The SMILES string of the molecule is CCC(=O)OC(C1CC(C)C2C(O1)C(=O)C1(C)C3CCC4C(CCC(OC5CN(CCN6CCCC6)CCO5)C4(C)C)C3(C)CCC21C)C(C)(C)O. The first kappa shape index (κ1) is 39.1. The summed E-state index contributed by atoms with van der Waals surface area (Å²) in [6.45, 7) is 26.8. The molecule has 0 bridgehead atoms. The van der Waals surface area contributed by atoms with Crippen LogP contribution in [0.5, 0.6) is 0 Å². The number of nitrogens with zero attached hydrogens (tertiary/aromatic N) is 2. The molecule has 0 spiro atoms. The summed E-state index contributed by atoms with van der Waals surface area (Å²) in [5.41, 5.74) is -1.88. The molecular formula is C43H72N2O7. The van der Waals surface area contributed by atoms with Gasteiger partial charge < -0.3 is 29.0 Å². The Kier molecular flexibility index (Phi) is 10.6. The van der Waals surface area contributed by atoms with Crippen molar-refractivity contribution in [2.75, 3.05) is 45.9 Å². The fraction of sp³-hybridized carbons (Fsp3) is 0.953. The van der Waals surface area contributed by atoms with E-state index in [1.165, 1.54) is 25.9 Å². The van der Waals surface area contributed by atoms with Gasteiger partial charge in [-0.15, -0.1) is 0 Å². The summed E-state index contributed by atoms with van der Waals surface area (Å²) in [4.78, 5) is 32.7. The van der Waals surface area contributed by atoms with E-state index in [1.54, 1.807) is 20.8 Å². The van der Waals surface area contributed by atoms with Crippen LogP contribution in [0.4, 0.5) is 0 Å². The summed E-state index contributed by atoms with van der Waals surface area (Å²) in [5, 5.41) is 11.1. The standard InChI is InChI=1S/C43H72N2O7/c1-10-33(46)52-38(40(5,6)48)30-25-27(2)35-36(50-30)37(47)43(9)31-15-13-28-29(41(31,7)17-18-42(35,43)8)14-16-32(39(28,3)4)51-34-26-45(23-24-49-34)22-21-44-19-11-12-20-44/h27-32,34-36,38,48H,10-26H2,1-9H3. The van der Waals surface area contributed by atoms with Gasteiger partial charge in [0.05, 0.1) is 24.4 Å². The molecule has 3 aliphatic heterocycles. The van der Waals surface area contributed by atoms with Crippen LogP contribution in [0.2, 0.25) is 0 Å². The van der Waals surface area contributed by atoms with Crippen molar-refractivity contribution in [2.45, 2.75) is 163 Å². The molecule has 52 heavy (non-hydrogen) atoms. The van der Waals surface area contributed by atoms with Gasteiger partial charge in [-0.2, -0.15) is 0 Å². The van der Waals surface area contributed by atoms with Gasteiger partial charge in [0.1, 0.15) is 6.10 Å². The van der Waals surface area contributed by atoms with Crippen LogP contribution in [-0.4, -0.2) is 109 Å². The summed E-state index contributed by atoms with van der Waals surface area (Å²) >= 11 is 0. The minimum absolute atomic E-state index is 0.0142. The highest BCUT2D eigenvalue weighted by atomic mass is 16.7. The Balaban J connectivity index is 1.06. The van der Waals surface area contributed by atoms with Crippen LogP contribution >= 0.6 is 0 Å². The van der Waals surface area contributed by atoms with Crippen molar-refractivity contribution in [3.8, 4) is 0 Å². The minimum Gasteiger partial charge on any atom is -0.457 e. The van der Waals surface area contributed by atoms with Crippen LogP contribution in [0, 0.1) is 51.2 Å². The number of rotatable bonds is 9. The maximum atomic E-state index is 15.1. The number of ether oxygens (including phenoxy) is 4. The minimum atomic E-state index is -1.29. The maximum absolute atomic E-state index is 15.1. The summed E-state index contributed by atoms with van der Waals surface area (Å²) < 4.78 is 25.9. The van der Waals surface area contributed by atoms with E-state index in [4.69, 9.17) is 18.9 Å². The monoisotopic (exact) mass is 729 g/mol. The number of morpholine rings is 1. The molecule has 0 aromatic rings. The Morgan fingerprint density at radius 3 is 2.37 bits per heavy atom. The summed E-state index contributed by atoms with van der Waals surface area (Å²) in [6.07, 6.45) is 8.17. The lowest BCUT2D eigenvalue weighted by atomic mass is 9.37. The average molecular weight is 729 g/mol. The number of carbonyl (C=O) groups is 2. The van der Waals surface area contributed by atoms with E-state index in [0.29, 0.717) is 18.3 Å². The molecule has 0 aromatic carbocycles. The fourth-order valence-electron chi connectivity index (χ4n) is 13.8. The number of ketones is 1. The number of fused-ring (bicyclic) bond motifs is 7. The van der Waals surface area contributed by atoms with Crippen LogP contribution in [0.15, 0.2) is 0 Å². The molecule has 0 radical (unpaired) electrons. The number of likely N-dealkylation sites (tertiary alicyclic amines) is 1. The van der Waals surface area contributed by atoms with Gasteiger partial charge in [0, 0.05) is 43.9 Å². The lowest BCUT2D eigenvalue weighted by Crippen LogP contribution is -2.63. The molecule has 4 aliphatic carbocycles. The Bertz CT molecular complexity index is 1330. The molecule has 0 aromatic heterocycles. The number of hydrogen-bond donors (Lipinski definition) is 1. The van der Waals surface area contributed by atoms with E-state index < -0.39 is 29.3 Å². The molecule has 13 unspecified atom stereocenters. The largest absolute Gasteiger partial charge is 0.457 e. The molecule has 3 heterocycles. The van der Waals surface area contributed by atoms with Gasteiger partial charge in [-0.3, -0.25) is 14.5 Å². The zero-order valence-corrected chi connectivity index (χ0v) is 34.1. The van der Waals surface area contributed by atoms with Crippen molar-refractivity contribution < 1.29 is 33.6 Å². The zero-order valence-electron chi connectivity index (χ0n) is 34.1. The first-order valence-electron chi connectivity index (χ1n) is 21.3. The summed E-state index contributed by atoms with van der Waals surface area (Å²) in [7, 11) is 0. The Hall–Kier alpha value is -1.10. The van der Waals surface area contributed by atoms with Crippen molar-refractivity contribution in [3.63, 3.8) is 0 Å². The number of hydrogen-bond acceptors (Lipinski definition) is 9. The number of Topliss-reactive ketones (excluding diaryl/α,β-unsaturated/α-hetero) is 1. The molecule has 9 heteroatoms. The van der Waals surface area contributed by atoms with Gasteiger partial charge in [0.25, 0.3) is 0 Å².